The van der Waals surface area contributed by atoms with Crippen LogP contribution in [0.5, 0.6) is 5.75 Å². The van der Waals surface area contributed by atoms with Gasteiger partial charge in [0.15, 0.2) is 6.10 Å². The summed E-state index contributed by atoms with van der Waals surface area (Å²) in [5.74, 6) is 0.439. The van der Waals surface area contributed by atoms with Crippen molar-refractivity contribution in [3.63, 3.8) is 0 Å². The van der Waals surface area contributed by atoms with E-state index in [-0.39, 0.29) is 11.7 Å². The minimum absolute atomic E-state index is 0.276. The van der Waals surface area contributed by atoms with E-state index in [1.165, 1.54) is 24.3 Å². The average Bonchev–Trinajstić information content (AvgIpc) is 2.49. The molecule has 2 aromatic carbocycles. The van der Waals surface area contributed by atoms with Crippen molar-refractivity contribution in [2.24, 2.45) is 0 Å². The highest BCUT2D eigenvalue weighted by atomic mass is 19.1. The predicted octanol–water partition coefficient (Wildman–Crippen LogP) is 4.36. The second kappa shape index (κ2) is 7.07. The molecule has 2 aromatic rings. The molecule has 1 amide bonds. The van der Waals surface area contributed by atoms with Gasteiger partial charge in [-0.15, -0.1) is 0 Å². The molecule has 0 aliphatic rings. The maximum absolute atomic E-state index is 12.8. The smallest absolute Gasteiger partial charge is 0.265 e. The number of amides is 1. The van der Waals surface area contributed by atoms with E-state index >= 15 is 0 Å². The first-order valence-corrected chi connectivity index (χ1v) is 7.29. The fraction of sp³-hybridized carbons (Fsp3) is 0.278. The minimum atomic E-state index is -0.646. The first-order valence-electron chi connectivity index (χ1n) is 7.29. The third-order valence-electron chi connectivity index (χ3n) is 3.32. The summed E-state index contributed by atoms with van der Waals surface area (Å²) in [5.41, 5.74) is 1.70. The minimum Gasteiger partial charge on any atom is -0.481 e. The van der Waals surface area contributed by atoms with Crippen LogP contribution in [0.4, 0.5) is 10.1 Å². The van der Waals surface area contributed by atoms with Gasteiger partial charge in [0.25, 0.3) is 5.91 Å². The maximum Gasteiger partial charge on any atom is 0.265 e. The van der Waals surface area contributed by atoms with Gasteiger partial charge in [-0.05, 0) is 54.8 Å². The molecule has 1 N–H and O–H groups in total. The van der Waals surface area contributed by atoms with Crippen molar-refractivity contribution in [1.82, 2.24) is 0 Å². The van der Waals surface area contributed by atoms with E-state index < -0.39 is 6.10 Å². The summed E-state index contributed by atoms with van der Waals surface area (Å²) in [6, 6.07) is 13.3. The highest BCUT2D eigenvalue weighted by molar-refractivity contribution is 5.94. The molecule has 2 rings (SSSR count). The molecule has 0 saturated carbocycles. The number of benzene rings is 2. The maximum atomic E-state index is 12.8. The lowest BCUT2D eigenvalue weighted by Crippen LogP contribution is -2.30. The van der Waals surface area contributed by atoms with E-state index in [1.807, 2.05) is 24.3 Å². The molecular formula is C18H20FNO2. The number of carbonyl (C=O) groups is 1. The SMILES string of the molecule is CC(Oc1cccc(C(C)C)c1)C(=O)Nc1ccc(F)cc1. The second-order valence-electron chi connectivity index (χ2n) is 5.48. The van der Waals surface area contributed by atoms with Crippen molar-refractivity contribution in [2.45, 2.75) is 32.8 Å². The zero-order chi connectivity index (χ0) is 16.1. The summed E-state index contributed by atoms with van der Waals surface area (Å²) < 4.78 is 18.5. The fourth-order valence-electron chi connectivity index (χ4n) is 1.98. The van der Waals surface area contributed by atoms with Gasteiger partial charge in [0.1, 0.15) is 11.6 Å². The zero-order valence-electron chi connectivity index (χ0n) is 13.0. The Hall–Kier alpha value is -2.36. The van der Waals surface area contributed by atoms with Gasteiger partial charge in [-0.1, -0.05) is 26.0 Å². The quantitative estimate of drug-likeness (QED) is 0.891. The van der Waals surface area contributed by atoms with Gasteiger partial charge in [0.05, 0.1) is 0 Å². The molecule has 116 valence electrons. The fourth-order valence-corrected chi connectivity index (χ4v) is 1.98. The number of ether oxygens (including phenoxy) is 1. The standard InChI is InChI=1S/C18H20FNO2/c1-12(2)14-5-4-6-17(11-14)22-13(3)18(21)20-16-9-7-15(19)8-10-16/h4-13H,1-3H3,(H,20,21). The number of carbonyl (C=O) groups excluding carboxylic acids is 1. The lowest BCUT2D eigenvalue weighted by molar-refractivity contribution is -0.122. The van der Waals surface area contributed by atoms with Gasteiger partial charge < -0.3 is 10.1 Å². The summed E-state index contributed by atoms with van der Waals surface area (Å²) in [6.45, 7) is 5.88. The first kappa shape index (κ1) is 16.0. The van der Waals surface area contributed by atoms with Crippen LogP contribution in [0.1, 0.15) is 32.3 Å². The molecular weight excluding hydrogens is 281 g/mol. The Bertz CT molecular complexity index is 638. The van der Waals surface area contributed by atoms with E-state index in [0.717, 1.165) is 5.56 Å². The zero-order valence-corrected chi connectivity index (χ0v) is 13.0. The van der Waals surface area contributed by atoms with E-state index in [4.69, 9.17) is 4.74 Å². The molecule has 0 aliphatic heterocycles. The van der Waals surface area contributed by atoms with Crippen molar-refractivity contribution < 1.29 is 13.9 Å². The van der Waals surface area contributed by atoms with Crippen LogP contribution in [0.15, 0.2) is 48.5 Å². The molecule has 0 spiro atoms. The summed E-state index contributed by atoms with van der Waals surface area (Å²) in [4.78, 5) is 12.1. The van der Waals surface area contributed by atoms with Crippen molar-refractivity contribution in [2.75, 3.05) is 5.32 Å². The molecule has 0 saturated heterocycles. The molecule has 0 radical (unpaired) electrons. The van der Waals surface area contributed by atoms with E-state index in [0.29, 0.717) is 17.4 Å². The van der Waals surface area contributed by atoms with Crippen LogP contribution >= 0.6 is 0 Å². The molecule has 22 heavy (non-hydrogen) atoms. The van der Waals surface area contributed by atoms with Crippen LogP contribution in [-0.4, -0.2) is 12.0 Å². The molecule has 0 fully saturated rings. The molecule has 0 aliphatic carbocycles. The number of rotatable bonds is 5. The number of halogens is 1. The van der Waals surface area contributed by atoms with Gasteiger partial charge in [-0.2, -0.15) is 0 Å². The molecule has 1 atom stereocenters. The summed E-state index contributed by atoms with van der Waals surface area (Å²) >= 11 is 0. The van der Waals surface area contributed by atoms with Crippen molar-refractivity contribution in [3.05, 3.63) is 59.9 Å². The van der Waals surface area contributed by atoms with Gasteiger partial charge in [-0.25, -0.2) is 4.39 Å². The van der Waals surface area contributed by atoms with Crippen LogP contribution in [0.3, 0.4) is 0 Å². The Morgan fingerprint density at radius 3 is 2.41 bits per heavy atom. The second-order valence-corrected chi connectivity index (χ2v) is 5.48. The third kappa shape index (κ3) is 4.32. The Labute approximate surface area is 130 Å². The normalized spacial score (nSPS) is 12.0. The third-order valence-corrected chi connectivity index (χ3v) is 3.32. The molecule has 0 bridgehead atoms. The van der Waals surface area contributed by atoms with Crippen molar-refractivity contribution in [3.8, 4) is 5.75 Å². The van der Waals surface area contributed by atoms with Crippen molar-refractivity contribution in [1.29, 1.82) is 0 Å². The largest absolute Gasteiger partial charge is 0.481 e. The molecule has 1 unspecified atom stereocenters. The van der Waals surface area contributed by atoms with E-state index in [9.17, 15) is 9.18 Å². The highest BCUT2D eigenvalue weighted by Gasteiger charge is 2.15. The summed E-state index contributed by atoms with van der Waals surface area (Å²) in [5, 5.41) is 2.70. The van der Waals surface area contributed by atoms with Crippen molar-refractivity contribution >= 4 is 11.6 Å². The Morgan fingerprint density at radius 2 is 1.77 bits per heavy atom. The number of hydrogen-bond donors (Lipinski definition) is 1. The monoisotopic (exact) mass is 301 g/mol. The average molecular weight is 301 g/mol. The predicted molar refractivity (Wildman–Crippen MR) is 85.7 cm³/mol. The van der Waals surface area contributed by atoms with Gasteiger partial charge >= 0.3 is 0 Å². The molecule has 0 aromatic heterocycles. The Balaban J connectivity index is 1.99. The Morgan fingerprint density at radius 1 is 1.09 bits per heavy atom. The van der Waals surface area contributed by atoms with Crippen LogP contribution < -0.4 is 10.1 Å². The molecule has 4 heteroatoms. The number of nitrogens with one attached hydrogen (secondary N) is 1. The Kier molecular flexibility index (Phi) is 5.15. The first-order chi connectivity index (χ1) is 10.5. The van der Waals surface area contributed by atoms with Crippen LogP contribution in [-0.2, 0) is 4.79 Å². The van der Waals surface area contributed by atoms with Crippen LogP contribution in [0.25, 0.3) is 0 Å². The van der Waals surface area contributed by atoms with E-state index in [1.54, 1.807) is 6.92 Å². The van der Waals surface area contributed by atoms with E-state index in [2.05, 4.69) is 19.2 Å². The van der Waals surface area contributed by atoms with Gasteiger partial charge in [0.2, 0.25) is 0 Å². The number of anilines is 1. The van der Waals surface area contributed by atoms with Gasteiger partial charge in [0, 0.05) is 5.69 Å². The molecule has 3 nitrogen and oxygen atoms in total. The van der Waals surface area contributed by atoms with Crippen LogP contribution in [0, 0.1) is 5.82 Å². The lowest BCUT2D eigenvalue weighted by Gasteiger charge is -2.16. The summed E-state index contributed by atoms with van der Waals surface area (Å²) in [6.07, 6.45) is -0.646. The molecule has 0 heterocycles. The number of hydrogen-bond acceptors (Lipinski definition) is 2. The highest BCUT2D eigenvalue weighted by Crippen LogP contribution is 2.21. The summed E-state index contributed by atoms with van der Waals surface area (Å²) in [7, 11) is 0. The van der Waals surface area contributed by atoms with Gasteiger partial charge in [-0.3, -0.25) is 4.79 Å². The lowest BCUT2D eigenvalue weighted by atomic mass is 10.0. The van der Waals surface area contributed by atoms with Crippen LogP contribution in [0.2, 0.25) is 0 Å². The topological polar surface area (TPSA) is 38.3 Å².